The minimum absolute atomic E-state index is 0.300. The first-order valence-electron chi connectivity index (χ1n) is 9.99. The van der Waals surface area contributed by atoms with E-state index in [0.717, 1.165) is 32.1 Å². The standard InChI is InChI=1S/C20H36N4OS/c1-5-25-18(16(2)3)10-11-22-20(21-4)23-15-17(19-9-8-14-26-19)24-12-6-7-13-24/h8-9,14,16-18H,5-7,10-13,15H2,1-4H3,(H2,21,22,23). The van der Waals surface area contributed by atoms with Gasteiger partial charge in [0.1, 0.15) is 0 Å². The van der Waals surface area contributed by atoms with Crippen molar-refractivity contribution in [1.29, 1.82) is 0 Å². The van der Waals surface area contributed by atoms with Crippen LogP contribution in [0.25, 0.3) is 0 Å². The predicted molar refractivity (Wildman–Crippen MR) is 112 cm³/mol. The Hall–Kier alpha value is -1.11. The van der Waals surface area contributed by atoms with E-state index in [1.807, 2.05) is 18.4 Å². The van der Waals surface area contributed by atoms with Gasteiger partial charge in [0.2, 0.25) is 0 Å². The molecule has 1 aromatic rings. The summed E-state index contributed by atoms with van der Waals surface area (Å²) in [6.07, 6.45) is 3.91. The fourth-order valence-electron chi connectivity index (χ4n) is 3.51. The number of hydrogen-bond donors (Lipinski definition) is 2. The van der Waals surface area contributed by atoms with Crippen molar-refractivity contribution in [3.8, 4) is 0 Å². The number of rotatable bonds is 10. The van der Waals surface area contributed by atoms with Gasteiger partial charge < -0.3 is 15.4 Å². The molecule has 0 saturated carbocycles. The van der Waals surface area contributed by atoms with Gasteiger partial charge in [-0.05, 0) is 56.6 Å². The molecule has 0 amide bonds. The Bertz CT molecular complexity index is 512. The average Bonchev–Trinajstić information content (AvgIpc) is 3.33. The van der Waals surface area contributed by atoms with Crippen LogP contribution in [0.1, 0.15) is 51.0 Å². The number of ether oxygens (including phenoxy) is 1. The van der Waals surface area contributed by atoms with E-state index in [4.69, 9.17) is 4.74 Å². The van der Waals surface area contributed by atoms with Gasteiger partial charge in [-0.25, -0.2) is 0 Å². The number of nitrogens with one attached hydrogen (secondary N) is 2. The van der Waals surface area contributed by atoms with Crippen molar-refractivity contribution >= 4 is 17.3 Å². The van der Waals surface area contributed by atoms with E-state index in [1.54, 1.807) is 0 Å². The molecular weight excluding hydrogens is 344 g/mol. The number of likely N-dealkylation sites (tertiary alicyclic amines) is 1. The van der Waals surface area contributed by atoms with Gasteiger partial charge in [0.05, 0.1) is 12.1 Å². The van der Waals surface area contributed by atoms with Crippen molar-refractivity contribution in [2.75, 3.05) is 39.8 Å². The van der Waals surface area contributed by atoms with Crippen molar-refractivity contribution in [1.82, 2.24) is 15.5 Å². The Balaban J connectivity index is 1.82. The highest BCUT2D eigenvalue weighted by molar-refractivity contribution is 7.10. The lowest BCUT2D eigenvalue weighted by Gasteiger charge is -2.28. The average molecular weight is 381 g/mol. The summed E-state index contributed by atoms with van der Waals surface area (Å²) >= 11 is 1.85. The number of aliphatic imine (C=N–C) groups is 1. The highest BCUT2D eigenvalue weighted by Gasteiger charge is 2.24. The molecule has 1 saturated heterocycles. The van der Waals surface area contributed by atoms with Crippen LogP contribution in [0.2, 0.25) is 0 Å². The van der Waals surface area contributed by atoms with Crippen LogP contribution in [0.4, 0.5) is 0 Å². The van der Waals surface area contributed by atoms with Crippen LogP contribution in [-0.4, -0.2) is 56.8 Å². The molecule has 1 aliphatic rings. The second-order valence-corrected chi connectivity index (χ2v) is 8.16. The molecule has 6 heteroatoms. The Morgan fingerprint density at radius 1 is 1.31 bits per heavy atom. The summed E-state index contributed by atoms with van der Waals surface area (Å²) in [7, 11) is 1.84. The van der Waals surface area contributed by atoms with Gasteiger partial charge in [-0.3, -0.25) is 9.89 Å². The fraction of sp³-hybridized carbons (Fsp3) is 0.750. The molecule has 0 radical (unpaired) electrons. The Labute approximate surface area is 163 Å². The highest BCUT2D eigenvalue weighted by atomic mass is 32.1. The Kier molecular flexibility index (Phi) is 9.43. The third kappa shape index (κ3) is 6.56. The summed E-state index contributed by atoms with van der Waals surface area (Å²) in [5.41, 5.74) is 0. The van der Waals surface area contributed by atoms with Crippen molar-refractivity contribution in [2.45, 2.75) is 52.2 Å². The third-order valence-electron chi connectivity index (χ3n) is 4.99. The first-order chi connectivity index (χ1) is 12.7. The van der Waals surface area contributed by atoms with Gasteiger partial charge in [-0.1, -0.05) is 19.9 Å². The van der Waals surface area contributed by atoms with E-state index in [-0.39, 0.29) is 0 Å². The quantitative estimate of drug-likeness (QED) is 0.482. The van der Waals surface area contributed by atoms with E-state index in [9.17, 15) is 0 Å². The van der Waals surface area contributed by atoms with Gasteiger partial charge in [-0.2, -0.15) is 0 Å². The maximum absolute atomic E-state index is 5.83. The van der Waals surface area contributed by atoms with E-state index in [2.05, 4.69) is 58.8 Å². The number of nitrogens with zero attached hydrogens (tertiary/aromatic N) is 2. The van der Waals surface area contributed by atoms with Crippen LogP contribution in [0.5, 0.6) is 0 Å². The van der Waals surface area contributed by atoms with Gasteiger partial charge in [0.25, 0.3) is 0 Å². The Morgan fingerprint density at radius 3 is 2.65 bits per heavy atom. The zero-order valence-corrected chi connectivity index (χ0v) is 17.6. The molecule has 0 bridgehead atoms. The molecule has 26 heavy (non-hydrogen) atoms. The highest BCUT2D eigenvalue weighted by Crippen LogP contribution is 2.27. The maximum Gasteiger partial charge on any atom is 0.191 e. The SMILES string of the molecule is CCOC(CCNC(=NC)NCC(c1cccs1)N1CCCC1)C(C)C. The van der Waals surface area contributed by atoms with E-state index in [0.29, 0.717) is 18.1 Å². The fourth-order valence-corrected chi connectivity index (χ4v) is 4.37. The van der Waals surface area contributed by atoms with Gasteiger partial charge >= 0.3 is 0 Å². The van der Waals surface area contributed by atoms with Crippen LogP contribution >= 0.6 is 11.3 Å². The maximum atomic E-state index is 5.83. The van der Waals surface area contributed by atoms with Crippen molar-refractivity contribution < 1.29 is 4.74 Å². The molecule has 0 aliphatic carbocycles. The normalized spacial score (nSPS) is 18.3. The smallest absolute Gasteiger partial charge is 0.191 e. The minimum atomic E-state index is 0.300. The minimum Gasteiger partial charge on any atom is -0.378 e. The lowest BCUT2D eigenvalue weighted by atomic mass is 10.0. The summed E-state index contributed by atoms with van der Waals surface area (Å²) in [6, 6.07) is 4.83. The molecule has 2 N–H and O–H groups in total. The molecule has 148 valence electrons. The summed E-state index contributed by atoms with van der Waals surface area (Å²) in [5, 5.41) is 9.15. The van der Waals surface area contributed by atoms with E-state index < -0.39 is 0 Å². The van der Waals surface area contributed by atoms with Crippen molar-refractivity contribution in [2.24, 2.45) is 10.9 Å². The van der Waals surface area contributed by atoms with Crippen LogP contribution in [0, 0.1) is 5.92 Å². The Morgan fingerprint density at radius 2 is 2.08 bits per heavy atom. The second kappa shape index (κ2) is 11.6. The molecule has 0 aromatic carbocycles. The monoisotopic (exact) mass is 380 g/mol. The largest absolute Gasteiger partial charge is 0.378 e. The topological polar surface area (TPSA) is 48.9 Å². The van der Waals surface area contributed by atoms with E-state index >= 15 is 0 Å². The number of hydrogen-bond acceptors (Lipinski definition) is 4. The zero-order chi connectivity index (χ0) is 18.8. The molecular formula is C20H36N4OS. The molecule has 2 heterocycles. The number of thiophene rings is 1. The molecule has 2 atom stereocenters. The predicted octanol–water partition coefficient (Wildman–Crippen LogP) is 3.50. The summed E-state index contributed by atoms with van der Waals surface area (Å²) < 4.78 is 5.83. The van der Waals surface area contributed by atoms with Crippen molar-refractivity contribution in [3.05, 3.63) is 22.4 Å². The lowest BCUT2D eigenvalue weighted by molar-refractivity contribution is 0.0258. The third-order valence-corrected chi connectivity index (χ3v) is 5.96. The van der Waals surface area contributed by atoms with E-state index in [1.165, 1.54) is 30.8 Å². The summed E-state index contributed by atoms with van der Waals surface area (Å²) in [5.74, 6) is 1.41. The van der Waals surface area contributed by atoms with Crippen LogP contribution in [-0.2, 0) is 4.74 Å². The molecule has 1 fully saturated rings. The number of guanidine groups is 1. The molecule has 5 nitrogen and oxygen atoms in total. The van der Waals surface area contributed by atoms with Gasteiger partial charge in [-0.15, -0.1) is 11.3 Å². The summed E-state index contributed by atoms with van der Waals surface area (Å²) in [4.78, 5) is 8.42. The van der Waals surface area contributed by atoms with Gasteiger partial charge in [0.15, 0.2) is 5.96 Å². The molecule has 2 rings (SSSR count). The first kappa shape index (κ1) is 21.2. The molecule has 0 spiro atoms. The lowest BCUT2D eigenvalue weighted by Crippen LogP contribution is -2.43. The van der Waals surface area contributed by atoms with Crippen LogP contribution in [0.15, 0.2) is 22.5 Å². The molecule has 2 unspecified atom stereocenters. The molecule has 1 aromatic heterocycles. The van der Waals surface area contributed by atoms with Crippen LogP contribution < -0.4 is 10.6 Å². The summed E-state index contributed by atoms with van der Waals surface area (Å²) in [6.45, 7) is 11.4. The van der Waals surface area contributed by atoms with Crippen LogP contribution in [0.3, 0.4) is 0 Å². The van der Waals surface area contributed by atoms with Gasteiger partial charge in [0, 0.05) is 31.6 Å². The second-order valence-electron chi connectivity index (χ2n) is 7.18. The first-order valence-corrected chi connectivity index (χ1v) is 10.9. The molecule has 1 aliphatic heterocycles. The van der Waals surface area contributed by atoms with Crippen molar-refractivity contribution in [3.63, 3.8) is 0 Å². The zero-order valence-electron chi connectivity index (χ0n) is 16.8.